The van der Waals surface area contributed by atoms with E-state index < -0.39 is 0 Å². The van der Waals surface area contributed by atoms with Crippen molar-refractivity contribution in [2.75, 3.05) is 12.3 Å². The van der Waals surface area contributed by atoms with E-state index in [1.54, 1.807) is 18.3 Å². The zero-order chi connectivity index (χ0) is 14.8. The Kier molecular flexibility index (Phi) is 3.92. The lowest BCUT2D eigenvalue weighted by Gasteiger charge is -2.25. The Bertz CT molecular complexity index is 660. The van der Waals surface area contributed by atoms with Gasteiger partial charge in [0.15, 0.2) is 0 Å². The number of anilines is 1. The van der Waals surface area contributed by atoms with Crippen molar-refractivity contribution in [2.45, 2.75) is 18.9 Å². The van der Waals surface area contributed by atoms with E-state index in [0.717, 1.165) is 24.9 Å². The van der Waals surface area contributed by atoms with E-state index in [0.29, 0.717) is 15.7 Å². The maximum atomic E-state index is 12.8. The molecule has 1 atom stereocenters. The summed E-state index contributed by atoms with van der Waals surface area (Å²) in [4.78, 5) is 18.9. The van der Waals surface area contributed by atoms with Gasteiger partial charge in [0.1, 0.15) is 0 Å². The van der Waals surface area contributed by atoms with E-state index >= 15 is 0 Å². The zero-order valence-electron chi connectivity index (χ0n) is 11.5. The first-order valence-electron chi connectivity index (χ1n) is 6.93. The number of pyridine rings is 1. The number of carbonyl (C=O) groups is 1. The van der Waals surface area contributed by atoms with Crippen LogP contribution in [-0.2, 0) is 0 Å². The maximum Gasteiger partial charge on any atom is 0.255 e. The van der Waals surface area contributed by atoms with Crippen molar-refractivity contribution in [1.82, 2.24) is 9.88 Å². The van der Waals surface area contributed by atoms with Crippen molar-refractivity contribution in [1.29, 1.82) is 0 Å². The van der Waals surface area contributed by atoms with Crippen LogP contribution < -0.4 is 5.73 Å². The van der Waals surface area contributed by atoms with Gasteiger partial charge in [-0.2, -0.15) is 0 Å². The molecule has 2 aromatic rings. The molecule has 3 rings (SSSR count). The molecule has 1 aliphatic rings. The highest BCUT2D eigenvalue weighted by molar-refractivity contribution is 9.10. The van der Waals surface area contributed by atoms with Crippen LogP contribution in [0.2, 0.25) is 0 Å². The first-order chi connectivity index (χ1) is 10.2. The van der Waals surface area contributed by atoms with Crippen LogP contribution in [0.15, 0.2) is 47.2 Å². The summed E-state index contributed by atoms with van der Waals surface area (Å²) in [5.74, 6) is 0.0144. The molecule has 1 saturated heterocycles. The fourth-order valence-electron chi connectivity index (χ4n) is 2.80. The number of aromatic nitrogens is 1. The molecule has 0 radical (unpaired) electrons. The monoisotopic (exact) mass is 345 g/mol. The minimum absolute atomic E-state index is 0.0144. The highest BCUT2D eigenvalue weighted by Gasteiger charge is 2.31. The summed E-state index contributed by atoms with van der Waals surface area (Å²) >= 11 is 3.42. The molecule has 2 N–H and O–H groups in total. The molecule has 1 aromatic heterocycles. The number of nitrogens with two attached hydrogens (primary N) is 1. The van der Waals surface area contributed by atoms with Crippen LogP contribution in [-0.4, -0.2) is 22.3 Å². The van der Waals surface area contributed by atoms with Gasteiger partial charge < -0.3 is 10.6 Å². The summed E-state index contributed by atoms with van der Waals surface area (Å²) < 4.78 is 0.673. The Hall–Kier alpha value is -1.88. The molecule has 1 aromatic carbocycles. The second-order valence-electron chi connectivity index (χ2n) is 5.15. The van der Waals surface area contributed by atoms with Crippen molar-refractivity contribution in [3.05, 3.63) is 58.3 Å². The van der Waals surface area contributed by atoms with Crippen molar-refractivity contribution in [3.63, 3.8) is 0 Å². The van der Waals surface area contributed by atoms with Gasteiger partial charge in [0.2, 0.25) is 0 Å². The quantitative estimate of drug-likeness (QED) is 0.848. The average molecular weight is 346 g/mol. The van der Waals surface area contributed by atoms with Gasteiger partial charge in [-0.1, -0.05) is 12.1 Å². The third-order valence-corrected chi connectivity index (χ3v) is 4.73. The van der Waals surface area contributed by atoms with Gasteiger partial charge in [-0.05, 0) is 52.5 Å². The maximum absolute atomic E-state index is 12.8. The van der Waals surface area contributed by atoms with E-state index in [1.807, 2.05) is 29.3 Å². The Morgan fingerprint density at radius 2 is 2.19 bits per heavy atom. The van der Waals surface area contributed by atoms with Crippen molar-refractivity contribution in [2.24, 2.45) is 0 Å². The van der Waals surface area contributed by atoms with Gasteiger partial charge in [0, 0.05) is 24.6 Å². The Morgan fingerprint density at radius 3 is 2.95 bits per heavy atom. The second kappa shape index (κ2) is 5.85. The number of hydrogen-bond donors (Lipinski definition) is 1. The van der Waals surface area contributed by atoms with Crippen LogP contribution in [0.25, 0.3) is 0 Å². The van der Waals surface area contributed by atoms with Gasteiger partial charge in [0.25, 0.3) is 5.91 Å². The summed E-state index contributed by atoms with van der Waals surface area (Å²) in [5, 5.41) is 0. The smallest absolute Gasteiger partial charge is 0.255 e. The average Bonchev–Trinajstić information content (AvgIpc) is 3.00. The molecule has 1 unspecified atom stereocenters. The Balaban J connectivity index is 1.92. The molecular weight excluding hydrogens is 330 g/mol. The summed E-state index contributed by atoms with van der Waals surface area (Å²) in [7, 11) is 0. The summed E-state index contributed by atoms with van der Waals surface area (Å²) in [6.45, 7) is 0.764. The topological polar surface area (TPSA) is 59.2 Å². The predicted molar refractivity (Wildman–Crippen MR) is 85.8 cm³/mol. The number of rotatable bonds is 2. The number of nitrogen functional groups attached to an aromatic ring is 1. The Morgan fingerprint density at radius 1 is 1.33 bits per heavy atom. The fourth-order valence-corrected chi connectivity index (χ4v) is 3.23. The number of likely N-dealkylation sites (tertiary alicyclic amines) is 1. The number of benzene rings is 1. The number of nitrogens with zero attached hydrogens (tertiary/aromatic N) is 2. The van der Waals surface area contributed by atoms with Crippen LogP contribution >= 0.6 is 15.9 Å². The standard InChI is InChI=1S/C16H16BrN3O/c17-15-12(5-1-6-13(15)18)16(21)20-9-3-7-14(20)11-4-2-8-19-10-11/h1-2,4-6,8,10,14H,3,7,9,18H2. The molecule has 1 amide bonds. The van der Waals surface area contributed by atoms with E-state index in [9.17, 15) is 4.79 Å². The third-order valence-electron chi connectivity index (χ3n) is 3.84. The molecule has 0 aliphatic carbocycles. The zero-order valence-corrected chi connectivity index (χ0v) is 13.1. The largest absolute Gasteiger partial charge is 0.398 e. The van der Waals surface area contributed by atoms with Crippen LogP contribution in [0, 0.1) is 0 Å². The summed E-state index contributed by atoms with van der Waals surface area (Å²) in [5.41, 5.74) is 8.16. The highest BCUT2D eigenvalue weighted by atomic mass is 79.9. The highest BCUT2D eigenvalue weighted by Crippen LogP contribution is 2.34. The van der Waals surface area contributed by atoms with Gasteiger partial charge in [-0.15, -0.1) is 0 Å². The molecule has 0 saturated carbocycles. The summed E-state index contributed by atoms with van der Waals surface area (Å²) in [6, 6.07) is 9.43. The SMILES string of the molecule is Nc1cccc(C(=O)N2CCCC2c2cccnc2)c1Br. The molecule has 1 aliphatic heterocycles. The number of amides is 1. The fraction of sp³-hybridized carbons (Fsp3) is 0.250. The second-order valence-corrected chi connectivity index (χ2v) is 5.94. The Labute approximate surface area is 132 Å². The molecule has 1 fully saturated rings. The minimum Gasteiger partial charge on any atom is -0.398 e. The molecule has 2 heterocycles. The first kappa shape index (κ1) is 14.1. The molecular formula is C16H16BrN3O. The lowest BCUT2D eigenvalue weighted by Crippen LogP contribution is -2.31. The van der Waals surface area contributed by atoms with E-state index in [2.05, 4.69) is 20.9 Å². The molecule has 0 spiro atoms. The molecule has 0 bridgehead atoms. The lowest BCUT2D eigenvalue weighted by atomic mass is 10.1. The van der Waals surface area contributed by atoms with Crippen LogP contribution in [0.3, 0.4) is 0 Å². The molecule has 4 nitrogen and oxygen atoms in total. The lowest BCUT2D eigenvalue weighted by molar-refractivity contribution is 0.0734. The van der Waals surface area contributed by atoms with E-state index in [-0.39, 0.29) is 11.9 Å². The third kappa shape index (κ3) is 2.65. The summed E-state index contributed by atoms with van der Waals surface area (Å²) in [6.07, 6.45) is 5.56. The van der Waals surface area contributed by atoms with Gasteiger partial charge in [-0.25, -0.2) is 0 Å². The van der Waals surface area contributed by atoms with Crippen molar-refractivity contribution >= 4 is 27.5 Å². The molecule has 108 valence electrons. The van der Waals surface area contributed by atoms with E-state index in [4.69, 9.17) is 5.73 Å². The van der Waals surface area contributed by atoms with E-state index in [1.165, 1.54) is 0 Å². The number of carbonyl (C=O) groups excluding carboxylic acids is 1. The normalized spacial score (nSPS) is 18.0. The van der Waals surface area contributed by atoms with Crippen LogP contribution in [0.4, 0.5) is 5.69 Å². The number of halogens is 1. The van der Waals surface area contributed by atoms with Gasteiger partial charge in [-0.3, -0.25) is 9.78 Å². The van der Waals surface area contributed by atoms with Crippen molar-refractivity contribution in [3.8, 4) is 0 Å². The minimum atomic E-state index is 0.0144. The van der Waals surface area contributed by atoms with Gasteiger partial charge in [0.05, 0.1) is 16.1 Å². The van der Waals surface area contributed by atoms with Crippen LogP contribution in [0.1, 0.15) is 34.8 Å². The predicted octanol–water partition coefficient (Wildman–Crippen LogP) is 3.40. The van der Waals surface area contributed by atoms with Crippen LogP contribution in [0.5, 0.6) is 0 Å². The first-order valence-corrected chi connectivity index (χ1v) is 7.72. The molecule has 5 heteroatoms. The van der Waals surface area contributed by atoms with Crippen molar-refractivity contribution < 1.29 is 4.79 Å². The molecule has 21 heavy (non-hydrogen) atoms. The van der Waals surface area contributed by atoms with Gasteiger partial charge >= 0.3 is 0 Å². The number of hydrogen-bond acceptors (Lipinski definition) is 3.